The molecule has 1 nitrogen and oxygen atoms in total. The van der Waals surface area contributed by atoms with Crippen molar-refractivity contribution in [3.8, 4) is 0 Å². The molecule has 0 saturated heterocycles. The van der Waals surface area contributed by atoms with Gasteiger partial charge in [-0.2, -0.15) is 0 Å². The predicted molar refractivity (Wildman–Crippen MR) is 63.2 cm³/mol. The summed E-state index contributed by atoms with van der Waals surface area (Å²) < 4.78 is 0. The van der Waals surface area contributed by atoms with Crippen molar-refractivity contribution in [2.75, 3.05) is 5.88 Å². The normalized spacial score (nSPS) is 24.9. The number of halogens is 1. The third kappa shape index (κ3) is 2.53. The van der Waals surface area contributed by atoms with Gasteiger partial charge in [-0.05, 0) is 42.7 Å². The van der Waals surface area contributed by atoms with E-state index in [1.165, 1.54) is 5.56 Å². The standard InChI is InChI=1S/C13H17ClO/c14-7-3-4-10-8-11-5-1-2-6-12(11)13(15)9-10/h1-2,5-6,10,13,15H,3-4,7-9H2. The zero-order valence-corrected chi connectivity index (χ0v) is 9.58. The molecule has 2 unspecified atom stereocenters. The highest BCUT2D eigenvalue weighted by Gasteiger charge is 2.24. The van der Waals surface area contributed by atoms with Crippen LogP contribution < -0.4 is 0 Å². The number of hydrogen-bond acceptors (Lipinski definition) is 1. The molecule has 15 heavy (non-hydrogen) atoms. The molecule has 0 aromatic heterocycles. The van der Waals surface area contributed by atoms with E-state index in [-0.39, 0.29) is 6.10 Å². The van der Waals surface area contributed by atoms with E-state index in [0.29, 0.717) is 5.92 Å². The lowest BCUT2D eigenvalue weighted by Crippen LogP contribution is -2.18. The first-order valence-corrected chi connectivity index (χ1v) is 6.16. The Bertz CT molecular complexity index is 324. The molecule has 0 aliphatic heterocycles. The highest BCUT2D eigenvalue weighted by Crippen LogP contribution is 2.34. The molecule has 1 aliphatic rings. The zero-order valence-electron chi connectivity index (χ0n) is 8.82. The average molecular weight is 225 g/mol. The van der Waals surface area contributed by atoms with E-state index >= 15 is 0 Å². The molecule has 0 saturated carbocycles. The molecule has 0 amide bonds. The highest BCUT2D eigenvalue weighted by molar-refractivity contribution is 6.17. The van der Waals surface area contributed by atoms with Gasteiger partial charge in [-0.3, -0.25) is 0 Å². The summed E-state index contributed by atoms with van der Waals surface area (Å²) in [6.07, 6.45) is 3.92. The van der Waals surface area contributed by atoms with Crippen LogP contribution in [0.1, 0.15) is 36.5 Å². The van der Waals surface area contributed by atoms with Crippen molar-refractivity contribution in [2.45, 2.75) is 31.8 Å². The van der Waals surface area contributed by atoms with Crippen LogP contribution >= 0.6 is 11.6 Å². The Balaban J connectivity index is 2.08. The van der Waals surface area contributed by atoms with Crippen LogP contribution in [0.3, 0.4) is 0 Å². The minimum atomic E-state index is -0.268. The van der Waals surface area contributed by atoms with Gasteiger partial charge in [-0.15, -0.1) is 11.6 Å². The first kappa shape index (κ1) is 11.0. The third-order valence-electron chi connectivity index (χ3n) is 3.23. The van der Waals surface area contributed by atoms with Gasteiger partial charge >= 0.3 is 0 Å². The molecular weight excluding hydrogens is 208 g/mol. The maximum atomic E-state index is 10.00. The second-order valence-electron chi connectivity index (χ2n) is 4.35. The molecule has 2 atom stereocenters. The minimum Gasteiger partial charge on any atom is -0.388 e. The summed E-state index contributed by atoms with van der Waals surface area (Å²) in [7, 11) is 0. The fourth-order valence-corrected chi connectivity index (χ4v) is 2.62. The van der Waals surface area contributed by atoms with Crippen molar-refractivity contribution < 1.29 is 5.11 Å². The van der Waals surface area contributed by atoms with Crippen molar-refractivity contribution in [2.24, 2.45) is 5.92 Å². The van der Waals surface area contributed by atoms with Crippen LogP contribution in [0.15, 0.2) is 24.3 Å². The molecule has 1 aromatic carbocycles. The number of benzene rings is 1. The van der Waals surface area contributed by atoms with Crippen LogP contribution in [0.2, 0.25) is 0 Å². The Hall–Kier alpha value is -0.530. The van der Waals surface area contributed by atoms with Gasteiger partial charge in [0.15, 0.2) is 0 Å². The van der Waals surface area contributed by atoms with Gasteiger partial charge < -0.3 is 5.11 Å². The molecule has 0 bridgehead atoms. The van der Waals surface area contributed by atoms with Crippen LogP contribution in [-0.4, -0.2) is 11.0 Å². The van der Waals surface area contributed by atoms with E-state index in [1.54, 1.807) is 0 Å². The van der Waals surface area contributed by atoms with E-state index in [2.05, 4.69) is 12.1 Å². The summed E-state index contributed by atoms with van der Waals surface area (Å²) in [5, 5.41) is 10.00. The molecule has 0 heterocycles. The van der Waals surface area contributed by atoms with Crippen LogP contribution in [0, 0.1) is 5.92 Å². The topological polar surface area (TPSA) is 20.2 Å². The van der Waals surface area contributed by atoms with E-state index < -0.39 is 0 Å². The predicted octanol–water partition coefficient (Wildman–Crippen LogP) is 3.30. The van der Waals surface area contributed by atoms with Gasteiger partial charge in [0.1, 0.15) is 0 Å². The number of aliphatic hydroxyl groups excluding tert-OH is 1. The lowest BCUT2D eigenvalue weighted by atomic mass is 9.80. The number of hydrogen-bond donors (Lipinski definition) is 1. The van der Waals surface area contributed by atoms with Crippen LogP contribution in [0.5, 0.6) is 0 Å². The lowest BCUT2D eigenvalue weighted by Gasteiger charge is -2.28. The Morgan fingerprint density at radius 2 is 2.13 bits per heavy atom. The SMILES string of the molecule is OC1CC(CCCCl)Cc2ccccc21. The third-order valence-corrected chi connectivity index (χ3v) is 3.49. The molecule has 0 fully saturated rings. The largest absolute Gasteiger partial charge is 0.388 e. The van der Waals surface area contributed by atoms with Crippen molar-refractivity contribution in [3.63, 3.8) is 0 Å². The molecule has 1 N–H and O–H groups in total. The quantitative estimate of drug-likeness (QED) is 0.782. The van der Waals surface area contributed by atoms with E-state index in [1.807, 2.05) is 12.1 Å². The van der Waals surface area contributed by atoms with Gasteiger partial charge in [0.05, 0.1) is 6.10 Å². The van der Waals surface area contributed by atoms with Gasteiger partial charge in [-0.1, -0.05) is 24.3 Å². The molecule has 1 aromatic rings. The number of rotatable bonds is 3. The van der Waals surface area contributed by atoms with E-state index in [4.69, 9.17) is 11.6 Å². The Labute approximate surface area is 96.1 Å². The monoisotopic (exact) mass is 224 g/mol. The number of alkyl halides is 1. The van der Waals surface area contributed by atoms with Crippen LogP contribution in [0.25, 0.3) is 0 Å². The fourth-order valence-electron chi connectivity index (χ4n) is 2.47. The minimum absolute atomic E-state index is 0.268. The summed E-state index contributed by atoms with van der Waals surface area (Å²) >= 11 is 5.69. The highest BCUT2D eigenvalue weighted by atomic mass is 35.5. The smallest absolute Gasteiger partial charge is 0.0795 e. The zero-order chi connectivity index (χ0) is 10.7. The van der Waals surface area contributed by atoms with Gasteiger partial charge in [0.2, 0.25) is 0 Å². The molecule has 0 spiro atoms. The first-order chi connectivity index (χ1) is 7.31. The molecule has 2 rings (SSSR count). The van der Waals surface area contributed by atoms with Crippen molar-refractivity contribution >= 4 is 11.6 Å². The second kappa shape index (κ2) is 5.00. The summed E-state index contributed by atoms with van der Waals surface area (Å²) in [6.45, 7) is 0. The average Bonchev–Trinajstić information content (AvgIpc) is 2.26. The van der Waals surface area contributed by atoms with Crippen molar-refractivity contribution in [1.29, 1.82) is 0 Å². The first-order valence-electron chi connectivity index (χ1n) is 5.63. The van der Waals surface area contributed by atoms with E-state index in [0.717, 1.165) is 37.1 Å². The molecule has 82 valence electrons. The molecule has 2 heteroatoms. The Morgan fingerprint density at radius 3 is 2.93 bits per heavy atom. The summed E-state index contributed by atoms with van der Waals surface area (Å²) in [5.74, 6) is 1.34. The maximum absolute atomic E-state index is 10.00. The van der Waals surface area contributed by atoms with Gasteiger partial charge in [-0.25, -0.2) is 0 Å². The fraction of sp³-hybridized carbons (Fsp3) is 0.538. The summed E-state index contributed by atoms with van der Waals surface area (Å²) in [6, 6.07) is 8.22. The number of fused-ring (bicyclic) bond motifs is 1. The van der Waals surface area contributed by atoms with Crippen molar-refractivity contribution in [3.05, 3.63) is 35.4 Å². The Kier molecular flexibility index (Phi) is 3.66. The second-order valence-corrected chi connectivity index (χ2v) is 4.73. The molecule has 1 aliphatic carbocycles. The summed E-state index contributed by atoms with van der Waals surface area (Å²) in [5.41, 5.74) is 2.44. The summed E-state index contributed by atoms with van der Waals surface area (Å²) in [4.78, 5) is 0. The van der Waals surface area contributed by atoms with Crippen molar-refractivity contribution in [1.82, 2.24) is 0 Å². The maximum Gasteiger partial charge on any atom is 0.0795 e. The van der Waals surface area contributed by atoms with E-state index in [9.17, 15) is 5.11 Å². The van der Waals surface area contributed by atoms with Gasteiger partial charge in [0.25, 0.3) is 0 Å². The molecule has 0 radical (unpaired) electrons. The van der Waals surface area contributed by atoms with Gasteiger partial charge in [0, 0.05) is 5.88 Å². The molecular formula is C13H17ClO. The lowest BCUT2D eigenvalue weighted by molar-refractivity contribution is 0.129. The van der Waals surface area contributed by atoms with Crippen LogP contribution in [-0.2, 0) is 6.42 Å². The number of aliphatic hydroxyl groups is 1. The Morgan fingerprint density at radius 1 is 1.33 bits per heavy atom. The van der Waals surface area contributed by atoms with Crippen LogP contribution in [0.4, 0.5) is 0 Å².